The molecule has 0 spiro atoms. The zero-order chi connectivity index (χ0) is 23.2. The summed E-state index contributed by atoms with van der Waals surface area (Å²) in [6.07, 6.45) is -0.204. The van der Waals surface area contributed by atoms with Gasteiger partial charge in [-0.15, -0.1) is 0 Å². The van der Waals surface area contributed by atoms with Gasteiger partial charge in [0.1, 0.15) is 28.5 Å². The molecule has 0 aliphatic heterocycles. The monoisotopic (exact) mass is 547 g/mol. The van der Waals surface area contributed by atoms with Crippen LogP contribution >= 0.6 is 22.6 Å². The number of amides is 2. The number of alkyl carbamates (subject to hydrolysis) is 1. The predicted octanol–water partition coefficient (Wildman–Crippen LogP) is 4.71. The average molecular weight is 547 g/mol. The molecule has 0 unspecified atom stereocenters. The number of carbonyl (C=O) groups is 2. The van der Waals surface area contributed by atoms with E-state index in [0.29, 0.717) is 9.99 Å². The zero-order valence-corrected chi connectivity index (χ0v) is 19.5. The van der Waals surface area contributed by atoms with Crippen LogP contribution in [0.15, 0.2) is 30.3 Å². The predicted molar refractivity (Wildman–Crippen MR) is 122 cm³/mol. The van der Waals surface area contributed by atoms with Crippen molar-refractivity contribution in [3.05, 3.63) is 51.1 Å². The van der Waals surface area contributed by atoms with E-state index in [2.05, 4.69) is 10.6 Å². The van der Waals surface area contributed by atoms with Crippen LogP contribution in [0, 0.1) is 15.2 Å². The summed E-state index contributed by atoms with van der Waals surface area (Å²) in [6.45, 7) is 5.56. The molecule has 2 aromatic rings. The van der Waals surface area contributed by atoms with Crippen LogP contribution in [0.5, 0.6) is 5.75 Å². The maximum Gasteiger partial charge on any atom is 0.407 e. The van der Waals surface area contributed by atoms with Gasteiger partial charge in [0.05, 0.1) is 18.0 Å². The fourth-order valence-corrected chi connectivity index (χ4v) is 3.00. The molecule has 7 nitrogen and oxygen atoms in total. The quantitative estimate of drug-likeness (QED) is 0.329. The Morgan fingerprint density at radius 2 is 1.84 bits per heavy atom. The third kappa shape index (κ3) is 7.85. The summed E-state index contributed by atoms with van der Waals surface area (Å²) in [6, 6.07) is 6.48. The lowest BCUT2D eigenvalue weighted by Crippen LogP contribution is -2.33. The molecule has 0 bridgehead atoms. The maximum atomic E-state index is 14.2. The highest BCUT2D eigenvalue weighted by molar-refractivity contribution is 14.1. The summed E-state index contributed by atoms with van der Waals surface area (Å²) in [5.41, 5.74) is 4.77. The van der Waals surface area contributed by atoms with Crippen molar-refractivity contribution in [2.45, 2.75) is 32.8 Å². The molecule has 168 valence electrons. The Morgan fingerprint density at radius 3 is 2.45 bits per heavy atom. The second kappa shape index (κ2) is 10.6. The molecule has 0 heterocycles. The summed E-state index contributed by atoms with van der Waals surface area (Å²) >= 11 is 1.96. The Morgan fingerprint density at radius 1 is 1.13 bits per heavy atom. The van der Waals surface area contributed by atoms with Crippen molar-refractivity contribution < 1.29 is 27.8 Å². The van der Waals surface area contributed by atoms with Gasteiger partial charge >= 0.3 is 6.09 Å². The van der Waals surface area contributed by atoms with Gasteiger partial charge in [0.2, 0.25) is 0 Å². The lowest BCUT2D eigenvalue weighted by atomic mass is 10.1. The maximum absolute atomic E-state index is 14.2. The van der Waals surface area contributed by atoms with E-state index in [0.717, 1.165) is 12.1 Å². The molecule has 0 aromatic heterocycles. The van der Waals surface area contributed by atoms with Crippen LogP contribution in [-0.4, -0.2) is 30.8 Å². The van der Waals surface area contributed by atoms with Crippen LogP contribution in [-0.2, 0) is 4.74 Å². The Hall–Kier alpha value is -2.63. The smallest absolute Gasteiger partial charge is 0.407 e. The molecule has 0 saturated heterocycles. The van der Waals surface area contributed by atoms with Crippen LogP contribution < -0.4 is 21.1 Å². The largest absolute Gasteiger partial charge is 0.492 e. The SMILES string of the molecule is CC(C)(C)OC(=O)NCCCOc1cc(F)cc(Nc2ccc(I)cc2F)c1C(N)=O. The van der Waals surface area contributed by atoms with E-state index >= 15 is 0 Å². The van der Waals surface area contributed by atoms with Gasteiger partial charge in [-0.05, 0) is 74.0 Å². The first-order valence-corrected chi connectivity index (χ1v) is 10.5. The van der Waals surface area contributed by atoms with Gasteiger partial charge in [-0.3, -0.25) is 4.79 Å². The summed E-state index contributed by atoms with van der Waals surface area (Å²) in [4.78, 5) is 23.6. The molecular formula is C21H24F2IN3O4. The van der Waals surface area contributed by atoms with Crippen molar-refractivity contribution in [2.75, 3.05) is 18.5 Å². The van der Waals surface area contributed by atoms with Crippen LogP contribution in [0.25, 0.3) is 0 Å². The third-order valence-electron chi connectivity index (χ3n) is 3.76. The molecule has 4 N–H and O–H groups in total. The number of nitrogens with two attached hydrogens (primary N) is 1. The Bertz CT molecular complexity index is 964. The molecule has 0 aliphatic carbocycles. The minimum absolute atomic E-state index is 0.0190. The Labute approximate surface area is 192 Å². The lowest BCUT2D eigenvalue weighted by Gasteiger charge is -2.19. The minimum Gasteiger partial charge on any atom is -0.492 e. The summed E-state index contributed by atoms with van der Waals surface area (Å²) < 4.78 is 39.6. The summed E-state index contributed by atoms with van der Waals surface area (Å²) in [7, 11) is 0. The normalized spacial score (nSPS) is 11.0. The second-order valence-electron chi connectivity index (χ2n) is 7.57. The summed E-state index contributed by atoms with van der Waals surface area (Å²) in [5.74, 6) is -2.21. The van der Waals surface area contributed by atoms with E-state index in [1.807, 2.05) is 22.6 Å². The first-order valence-electron chi connectivity index (χ1n) is 9.41. The molecule has 0 saturated carbocycles. The van der Waals surface area contributed by atoms with Crippen LogP contribution in [0.1, 0.15) is 37.6 Å². The third-order valence-corrected chi connectivity index (χ3v) is 4.43. The van der Waals surface area contributed by atoms with Crippen molar-refractivity contribution in [1.82, 2.24) is 5.32 Å². The van der Waals surface area contributed by atoms with Crippen molar-refractivity contribution in [3.8, 4) is 5.75 Å². The molecule has 10 heteroatoms. The Kier molecular flexibility index (Phi) is 8.43. The molecule has 2 amide bonds. The topological polar surface area (TPSA) is 103 Å². The lowest BCUT2D eigenvalue weighted by molar-refractivity contribution is 0.0525. The first-order chi connectivity index (χ1) is 14.5. The number of hydrogen-bond acceptors (Lipinski definition) is 5. The number of halogens is 3. The number of rotatable bonds is 8. The molecule has 0 radical (unpaired) electrons. The number of hydrogen-bond donors (Lipinski definition) is 3. The second-order valence-corrected chi connectivity index (χ2v) is 8.82. The van der Waals surface area contributed by atoms with Crippen LogP contribution in [0.4, 0.5) is 25.0 Å². The van der Waals surface area contributed by atoms with E-state index in [4.69, 9.17) is 15.2 Å². The molecule has 0 aliphatic rings. The number of primary amides is 1. The highest BCUT2D eigenvalue weighted by Gasteiger charge is 2.19. The van der Waals surface area contributed by atoms with Gasteiger partial charge in [0, 0.05) is 16.2 Å². The Balaban J connectivity index is 2.08. The van der Waals surface area contributed by atoms with Gasteiger partial charge in [-0.2, -0.15) is 0 Å². The molecule has 0 atom stereocenters. The van der Waals surface area contributed by atoms with E-state index in [9.17, 15) is 18.4 Å². The van der Waals surface area contributed by atoms with Crippen molar-refractivity contribution in [2.24, 2.45) is 5.73 Å². The minimum atomic E-state index is -0.865. The number of ether oxygens (including phenoxy) is 2. The van der Waals surface area contributed by atoms with E-state index in [1.165, 1.54) is 12.1 Å². The average Bonchev–Trinajstić information content (AvgIpc) is 2.61. The molecule has 31 heavy (non-hydrogen) atoms. The van der Waals surface area contributed by atoms with Gasteiger partial charge in [-0.1, -0.05) is 0 Å². The van der Waals surface area contributed by atoms with Crippen LogP contribution in [0.2, 0.25) is 0 Å². The zero-order valence-electron chi connectivity index (χ0n) is 17.4. The molecule has 0 fully saturated rings. The molecule has 2 rings (SSSR count). The highest BCUT2D eigenvalue weighted by Crippen LogP contribution is 2.31. The van der Waals surface area contributed by atoms with Gasteiger partial charge < -0.3 is 25.8 Å². The van der Waals surface area contributed by atoms with E-state index < -0.39 is 29.2 Å². The number of anilines is 2. The van der Waals surface area contributed by atoms with E-state index in [1.54, 1.807) is 26.8 Å². The number of benzene rings is 2. The summed E-state index contributed by atoms with van der Waals surface area (Å²) in [5, 5.41) is 5.26. The first kappa shape index (κ1) is 24.6. The van der Waals surface area contributed by atoms with Gasteiger partial charge in [-0.25, -0.2) is 13.6 Å². The van der Waals surface area contributed by atoms with Crippen molar-refractivity contribution in [3.63, 3.8) is 0 Å². The standard InChI is InChI=1S/C21H24F2IN3O4/c1-21(2,3)31-20(29)26-7-4-8-30-17-10-12(22)9-16(18(17)19(25)28)27-15-6-5-13(24)11-14(15)23/h5-6,9-11,27H,4,7-8H2,1-3H3,(H2,25,28)(H,26,29). The number of carbonyl (C=O) groups excluding carboxylic acids is 2. The number of nitrogens with one attached hydrogen (secondary N) is 2. The molecule has 2 aromatic carbocycles. The fourth-order valence-electron chi connectivity index (χ4n) is 2.54. The van der Waals surface area contributed by atoms with Crippen molar-refractivity contribution in [1.29, 1.82) is 0 Å². The highest BCUT2D eigenvalue weighted by atomic mass is 127. The van der Waals surface area contributed by atoms with Gasteiger partial charge in [0.25, 0.3) is 5.91 Å². The van der Waals surface area contributed by atoms with E-state index in [-0.39, 0.29) is 35.8 Å². The fraction of sp³-hybridized carbons (Fsp3) is 0.333. The van der Waals surface area contributed by atoms with Crippen LogP contribution in [0.3, 0.4) is 0 Å². The van der Waals surface area contributed by atoms with Gasteiger partial charge in [0.15, 0.2) is 0 Å². The molecular weight excluding hydrogens is 523 g/mol. The van der Waals surface area contributed by atoms with Crippen molar-refractivity contribution >= 4 is 46.0 Å².